The molecule has 0 saturated carbocycles. The number of esters is 1. The van der Waals surface area contributed by atoms with Crippen LogP contribution in [-0.2, 0) is 36.9 Å². The van der Waals surface area contributed by atoms with Gasteiger partial charge in [0.05, 0.1) is 33.6 Å². The second-order valence-electron chi connectivity index (χ2n) is 8.64. The summed E-state index contributed by atoms with van der Waals surface area (Å²) in [6, 6.07) is 12.7. The van der Waals surface area contributed by atoms with Gasteiger partial charge in [0.15, 0.2) is 6.61 Å². The summed E-state index contributed by atoms with van der Waals surface area (Å²) in [6.07, 6.45) is -4.73. The third kappa shape index (κ3) is 6.57. The number of anilines is 1. The number of alkyl halides is 3. The van der Waals surface area contributed by atoms with E-state index in [1.807, 2.05) is 6.07 Å². The smallest absolute Gasteiger partial charge is 0.416 e. The van der Waals surface area contributed by atoms with Gasteiger partial charge in [-0.2, -0.15) is 17.5 Å². The zero-order valence-electron chi connectivity index (χ0n) is 20.0. The highest BCUT2D eigenvalue weighted by Gasteiger charge is 2.38. The third-order valence-corrected chi connectivity index (χ3v) is 8.33. The Bertz CT molecular complexity index is 1500. The summed E-state index contributed by atoms with van der Waals surface area (Å²) in [5, 5.41) is 2.02. The van der Waals surface area contributed by atoms with Crippen LogP contribution in [0, 0.1) is 5.82 Å². The summed E-state index contributed by atoms with van der Waals surface area (Å²) < 4.78 is 85.2. The number of nitrogens with zero attached hydrogens (tertiary/aromatic N) is 1. The Morgan fingerprint density at radius 2 is 1.74 bits per heavy atom. The summed E-state index contributed by atoms with van der Waals surface area (Å²) in [4.78, 5) is 24.9. The first-order valence-corrected chi connectivity index (χ1v) is 13.4. The number of halogens is 5. The quantitative estimate of drug-likeness (QED) is 0.298. The predicted octanol–water partition coefficient (Wildman–Crippen LogP) is 5.36. The van der Waals surface area contributed by atoms with Crippen molar-refractivity contribution >= 4 is 39.2 Å². The molecule has 0 spiro atoms. The van der Waals surface area contributed by atoms with Crippen LogP contribution < -0.4 is 5.32 Å². The first kappa shape index (κ1) is 28.5. The molecular weight excluding hydrogens is 564 g/mol. The molecule has 4 rings (SSSR count). The average Bonchev–Trinajstić information content (AvgIpc) is 2.88. The van der Waals surface area contributed by atoms with Crippen LogP contribution in [0.2, 0.25) is 5.02 Å². The molecule has 206 valence electrons. The van der Waals surface area contributed by atoms with Crippen LogP contribution in [0.4, 0.5) is 23.2 Å². The van der Waals surface area contributed by atoms with E-state index in [1.165, 1.54) is 0 Å². The molecular formula is C26H21ClF4N2O5S. The number of fused-ring (bicyclic) bond motifs is 1. The van der Waals surface area contributed by atoms with Crippen molar-refractivity contribution < 1.29 is 40.3 Å². The molecule has 0 saturated heterocycles. The maximum atomic E-state index is 13.4. The van der Waals surface area contributed by atoms with Crippen LogP contribution in [0.25, 0.3) is 0 Å². The number of sulfonamides is 1. The lowest BCUT2D eigenvalue weighted by atomic mass is 9.92. The Hall–Kier alpha value is -3.48. The van der Waals surface area contributed by atoms with Crippen LogP contribution in [-0.4, -0.2) is 37.8 Å². The Labute approximate surface area is 226 Å². The summed E-state index contributed by atoms with van der Waals surface area (Å²) in [7, 11) is -4.14. The fourth-order valence-corrected chi connectivity index (χ4v) is 5.99. The first-order valence-electron chi connectivity index (χ1n) is 11.5. The minimum atomic E-state index is -4.66. The largest absolute Gasteiger partial charge is 0.456 e. The zero-order chi connectivity index (χ0) is 28.4. The van der Waals surface area contributed by atoms with Gasteiger partial charge in [-0.1, -0.05) is 35.9 Å². The monoisotopic (exact) mass is 584 g/mol. The molecule has 1 aliphatic rings. The van der Waals surface area contributed by atoms with Crippen molar-refractivity contribution in [1.29, 1.82) is 0 Å². The van der Waals surface area contributed by atoms with Gasteiger partial charge in [-0.3, -0.25) is 9.59 Å². The number of hydrogen-bond donors (Lipinski definition) is 1. The molecule has 3 aromatic carbocycles. The van der Waals surface area contributed by atoms with Crippen molar-refractivity contribution in [2.45, 2.75) is 30.0 Å². The van der Waals surface area contributed by atoms with Crippen molar-refractivity contribution in [3.8, 4) is 0 Å². The molecule has 1 amide bonds. The molecule has 0 bridgehead atoms. The number of carbonyl (C=O) groups excluding carboxylic acids is 2. The Morgan fingerprint density at radius 1 is 1.05 bits per heavy atom. The minimum absolute atomic E-state index is 0.0448. The van der Waals surface area contributed by atoms with Gasteiger partial charge in [0.2, 0.25) is 10.0 Å². The SMILES string of the molecule is O=C(COC(=O)C[C@@H]1c2ccccc2CCN1S(=O)(=O)c1ccc(F)cc1)Nc1cc(C(F)(F)F)ccc1Cl. The number of amides is 1. The summed E-state index contributed by atoms with van der Waals surface area (Å²) in [6.45, 7) is -0.798. The Kier molecular flexibility index (Phi) is 8.28. The van der Waals surface area contributed by atoms with E-state index >= 15 is 0 Å². The molecule has 7 nitrogen and oxygen atoms in total. The third-order valence-electron chi connectivity index (χ3n) is 6.08. The number of hydrogen-bond acceptors (Lipinski definition) is 5. The molecule has 0 fully saturated rings. The second kappa shape index (κ2) is 11.3. The molecule has 39 heavy (non-hydrogen) atoms. The van der Waals surface area contributed by atoms with Gasteiger partial charge in [0.25, 0.3) is 5.91 Å². The standard InChI is InChI=1S/C26H21ClF4N2O5S/c27-21-10-5-17(26(29,30)31)13-22(21)32-24(34)15-38-25(35)14-23-20-4-2-1-3-16(20)11-12-33(23)39(36,37)19-8-6-18(28)7-9-19/h1-10,13,23H,11-12,14-15H2,(H,32,34)/t23-/m1/s1. The Morgan fingerprint density at radius 3 is 2.44 bits per heavy atom. The lowest BCUT2D eigenvalue weighted by molar-refractivity contribution is -0.148. The zero-order valence-corrected chi connectivity index (χ0v) is 21.6. The van der Waals surface area contributed by atoms with Crippen molar-refractivity contribution in [3.63, 3.8) is 0 Å². The van der Waals surface area contributed by atoms with E-state index in [1.54, 1.807) is 18.2 Å². The highest BCUT2D eigenvalue weighted by Crippen LogP contribution is 2.37. The fraction of sp³-hybridized carbons (Fsp3) is 0.231. The average molecular weight is 585 g/mol. The summed E-state index contributed by atoms with van der Waals surface area (Å²) in [5.74, 6) is -2.46. The molecule has 13 heteroatoms. The van der Waals surface area contributed by atoms with E-state index in [-0.39, 0.29) is 22.2 Å². The van der Waals surface area contributed by atoms with Gasteiger partial charge >= 0.3 is 12.1 Å². The van der Waals surface area contributed by atoms with E-state index < -0.39 is 58.5 Å². The van der Waals surface area contributed by atoms with E-state index in [0.29, 0.717) is 18.1 Å². The van der Waals surface area contributed by atoms with Crippen molar-refractivity contribution in [2.75, 3.05) is 18.5 Å². The molecule has 0 radical (unpaired) electrons. The maximum Gasteiger partial charge on any atom is 0.416 e. The molecule has 0 aliphatic carbocycles. The van der Waals surface area contributed by atoms with Gasteiger partial charge in [0.1, 0.15) is 5.82 Å². The molecule has 0 unspecified atom stereocenters. The lowest BCUT2D eigenvalue weighted by Gasteiger charge is -2.36. The molecule has 1 heterocycles. The van der Waals surface area contributed by atoms with Gasteiger partial charge in [-0.25, -0.2) is 12.8 Å². The fourth-order valence-electron chi connectivity index (χ4n) is 4.22. The van der Waals surface area contributed by atoms with Crippen LogP contribution in [0.1, 0.15) is 29.2 Å². The molecule has 1 atom stereocenters. The second-order valence-corrected chi connectivity index (χ2v) is 10.9. The molecule has 1 aliphatic heterocycles. The van der Waals surface area contributed by atoms with Crippen molar-refractivity contribution in [3.05, 3.63) is 94.3 Å². The number of benzene rings is 3. The van der Waals surface area contributed by atoms with E-state index in [4.69, 9.17) is 16.3 Å². The predicted molar refractivity (Wildman–Crippen MR) is 134 cm³/mol. The number of ether oxygens (including phenoxy) is 1. The van der Waals surface area contributed by atoms with Crippen LogP contribution in [0.5, 0.6) is 0 Å². The number of carbonyl (C=O) groups is 2. The molecule has 0 aromatic heterocycles. The number of nitrogens with one attached hydrogen (secondary N) is 1. The first-order chi connectivity index (χ1) is 18.4. The van der Waals surface area contributed by atoms with Crippen molar-refractivity contribution in [1.82, 2.24) is 4.31 Å². The number of rotatable bonds is 7. The molecule has 3 aromatic rings. The molecule has 1 N–H and O–H groups in total. The highest BCUT2D eigenvalue weighted by molar-refractivity contribution is 7.89. The van der Waals surface area contributed by atoms with Crippen LogP contribution in [0.15, 0.2) is 71.6 Å². The summed E-state index contributed by atoms with van der Waals surface area (Å²) in [5.41, 5.74) is 0.0623. The van der Waals surface area contributed by atoms with Crippen LogP contribution in [0.3, 0.4) is 0 Å². The van der Waals surface area contributed by atoms with E-state index in [2.05, 4.69) is 5.32 Å². The van der Waals surface area contributed by atoms with E-state index in [0.717, 1.165) is 46.3 Å². The lowest BCUT2D eigenvalue weighted by Crippen LogP contribution is -2.41. The van der Waals surface area contributed by atoms with Gasteiger partial charge in [-0.15, -0.1) is 0 Å². The van der Waals surface area contributed by atoms with Crippen LogP contribution >= 0.6 is 11.6 Å². The topological polar surface area (TPSA) is 92.8 Å². The van der Waals surface area contributed by atoms with Gasteiger partial charge in [-0.05, 0) is 60.0 Å². The van der Waals surface area contributed by atoms with E-state index in [9.17, 15) is 35.6 Å². The maximum absolute atomic E-state index is 13.4. The summed E-state index contributed by atoms with van der Waals surface area (Å²) >= 11 is 5.87. The Balaban J connectivity index is 1.48. The van der Waals surface area contributed by atoms with Gasteiger partial charge < -0.3 is 10.1 Å². The van der Waals surface area contributed by atoms with Crippen molar-refractivity contribution in [2.24, 2.45) is 0 Å². The normalized spacial score (nSPS) is 15.9. The highest BCUT2D eigenvalue weighted by atomic mass is 35.5. The minimum Gasteiger partial charge on any atom is -0.456 e. The van der Waals surface area contributed by atoms with Gasteiger partial charge in [0, 0.05) is 6.54 Å².